The lowest BCUT2D eigenvalue weighted by atomic mass is 10.1. The number of hydrogen-bond acceptors (Lipinski definition) is 2. The second-order valence-electron chi connectivity index (χ2n) is 6.21. The summed E-state index contributed by atoms with van der Waals surface area (Å²) in [7, 11) is 0. The fourth-order valence-corrected chi connectivity index (χ4v) is 2.79. The number of para-hydroxylation sites is 1. The number of benzene rings is 2. The molecule has 3 nitrogen and oxygen atoms in total. The summed E-state index contributed by atoms with van der Waals surface area (Å²) in [6.45, 7) is 0.686. The Morgan fingerprint density at radius 3 is 2.32 bits per heavy atom. The first kappa shape index (κ1) is 17.5. The Morgan fingerprint density at radius 1 is 1.04 bits per heavy atom. The summed E-state index contributed by atoms with van der Waals surface area (Å²) in [6, 6.07) is 15.1. The van der Waals surface area contributed by atoms with Crippen LogP contribution in [0.25, 0.3) is 0 Å². The molecule has 0 atom stereocenters. The molecule has 0 aromatic heterocycles. The first-order chi connectivity index (χ1) is 11.9. The highest BCUT2D eigenvalue weighted by molar-refractivity contribution is 5.93. The van der Waals surface area contributed by atoms with Gasteiger partial charge in [-0.1, -0.05) is 42.5 Å². The standard InChI is InChI=1S/C19H19F3N2O/c20-19(21,22)16-8-4-5-9-17(16)23-18(25)13-24(15-10-11-15)12-14-6-2-1-3-7-14/h1-9,15H,10-13H2,(H,23,25). The average Bonchev–Trinajstić information content (AvgIpc) is 3.39. The molecule has 1 aliphatic rings. The number of amides is 1. The Labute approximate surface area is 144 Å². The Balaban J connectivity index is 1.67. The summed E-state index contributed by atoms with van der Waals surface area (Å²) in [5.41, 5.74) is 0.0535. The number of rotatable bonds is 6. The number of carbonyl (C=O) groups is 1. The molecular weight excluding hydrogens is 329 g/mol. The molecular formula is C19H19F3N2O. The Hall–Kier alpha value is -2.34. The van der Waals surface area contributed by atoms with E-state index in [0.717, 1.165) is 24.5 Å². The van der Waals surface area contributed by atoms with Gasteiger partial charge in [0, 0.05) is 12.6 Å². The zero-order chi connectivity index (χ0) is 17.9. The number of nitrogens with one attached hydrogen (secondary N) is 1. The van der Waals surface area contributed by atoms with Crippen LogP contribution in [-0.2, 0) is 17.5 Å². The normalized spacial score (nSPS) is 14.6. The van der Waals surface area contributed by atoms with Crippen LogP contribution in [0.1, 0.15) is 24.0 Å². The van der Waals surface area contributed by atoms with Crippen molar-refractivity contribution in [2.24, 2.45) is 0 Å². The lowest BCUT2D eigenvalue weighted by molar-refractivity contribution is -0.137. The molecule has 132 valence electrons. The maximum atomic E-state index is 13.0. The smallest absolute Gasteiger partial charge is 0.324 e. The predicted molar refractivity (Wildman–Crippen MR) is 89.9 cm³/mol. The largest absolute Gasteiger partial charge is 0.418 e. The third-order valence-electron chi connectivity index (χ3n) is 4.15. The van der Waals surface area contributed by atoms with Crippen molar-refractivity contribution < 1.29 is 18.0 Å². The SMILES string of the molecule is O=C(CN(Cc1ccccc1)C1CC1)Nc1ccccc1C(F)(F)F. The molecule has 1 saturated carbocycles. The van der Waals surface area contributed by atoms with Crippen molar-refractivity contribution in [2.75, 3.05) is 11.9 Å². The number of hydrogen-bond donors (Lipinski definition) is 1. The second kappa shape index (κ2) is 7.27. The first-order valence-corrected chi connectivity index (χ1v) is 8.17. The van der Waals surface area contributed by atoms with E-state index in [4.69, 9.17) is 0 Å². The number of nitrogens with zero attached hydrogens (tertiary/aromatic N) is 1. The molecule has 0 unspecified atom stereocenters. The van der Waals surface area contributed by atoms with Gasteiger partial charge in [0.25, 0.3) is 0 Å². The second-order valence-corrected chi connectivity index (χ2v) is 6.21. The lowest BCUT2D eigenvalue weighted by Gasteiger charge is -2.22. The molecule has 0 bridgehead atoms. The van der Waals surface area contributed by atoms with Crippen LogP contribution in [0, 0.1) is 0 Å². The summed E-state index contributed by atoms with van der Waals surface area (Å²) in [4.78, 5) is 14.3. The quantitative estimate of drug-likeness (QED) is 0.844. The van der Waals surface area contributed by atoms with Gasteiger partial charge in [-0.25, -0.2) is 0 Å². The van der Waals surface area contributed by atoms with Gasteiger partial charge in [0.1, 0.15) is 0 Å². The maximum absolute atomic E-state index is 13.0. The Kier molecular flexibility index (Phi) is 5.08. The highest BCUT2D eigenvalue weighted by Gasteiger charge is 2.34. The van der Waals surface area contributed by atoms with E-state index in [2.05, 4.69) is 5.32 Å². The van der Waals surface area contributed by atoms with Crippen molar-refractivity contribution in [1.29, 1.82) is 0 Å². The van der Waals surface area contributed by atoms with Gasteiger partial charge in [0.15, 0.2) is 0 Å². The minimum Gasteiger partial charge on any atom is -0.324 e. The van der Waals surface area contributed by atoms with Crippen LogP contribution >= 0.6 is 0 Å². The summed E-state index contributed by atoms with van der Waals surface area (Å²) in [5, 5.41) is 2.42. The fourth-order valence-electron chi connectivity index (χ4n) is 2.79. The molecule has 6 heteroatoms. The minimum atomic E-state index is -4.50. The highest BCUT2D eigenvalue weighted by Crippen LogP contribution is 2.34. The van der Waals surface area contributed by atoms with E-state index in [1.54, 1.807) is 0 Å². The van der Waals surface area contributed by atoms with E-state index in [1.807, 2.05) is 35.2 Å². The predicted octanol–water partition coefficient (Wildman–Crippen LogP) is 4.31. The van der Waals surface area contributed by atoms with Gasteiger partial charge in [0.05, 0.1) is 17.8 Å². The molecule has 1 aliphatic carbocycles. The first-order valence-electron chi connectivity index (χ1n) is 8.17. The third kappa shape index (κ3) is 4.82. The van der Waals surface area contributed by atoms with Crippen molar-refractivity contribution in [3.8, 4) is 0 Å². The van der Waals surface area contributed by atoms with E-state index >= 15 is 0 Å². The third-order valence-corrected chi connectivity index (χ3v) is 4.15. The molecule has 0 aliphatic heterocycles. The van der Waals surface area contributed by atoms with Crippen LogP contribution in [-0.4, -0.2) is 23.4 Å². The number of halogens is 3. The van der Waals surface area contributed by atoms with Crippen molar-refractivity contribution in [1.82, 2.24) is 4.90 Å². The monoisotopic (exact) mass is 348 g/mol. The fraction of sp³-hybridized carbons (Fsp3) is 0.316. The van der Waals surface area contributed by atoms with Crippen LogP contribution in [0.5, 0.6) is 0 Å². The highest BCUT2D eigenvalue weighted by atomic mass is 19.4. The molecule has 0 radical (unpaired) electrons. The molecule has 3 rings (SSSR count). The van der Waals surface area contributed by atoms with Gasteiger partial charge in [-0.05, 0) is 30.5 Å². The zero-order valence-electron chi connectivity index (χ0n) is 13.6. The lowest BCUT2D eigenvalue weighted by Crippen LogP contribution is -2.34. The summed E-state index contributed by atoms with van der Waals surface area (Å²) >= 11 is 0. The molecule has 1 amide bonds. The van der Waals surface area contributed by atoms with Crippen LogP contribution < -0.4 is 5.32 Å². The summed E-state index contributed by atoms with van der Waals surface area (Å²) in [5.74, 6) is -0.431. The summed E-state index contributed by atoms with van der Waals surface area (Å²) in [6.07, 6.45) is -2.47. The van der Waals surface area contributed by atoms with Gasteiger partial charge in [-0.15, -0.1) is 0 Å². The molecule has 25 heavy (non-hydrogen) atoms. The van der Waals surface area contributed by atoms with Crippen molar-refractivity contribution in [3.63, 3.8) is 0 Å². The molecule has 0 spiro atoms. The number of anilines is 1. The van der Waals surface area contributed by atoms with Crippen molar-refractivity contribution in [3.05, 3.63) is 65.7 Å². The van der Waals surface area contributed by atoms with Crippen LogP contribution in [0.3, 0.4) is 0 Å². The number of alkyl halides is 3. The molecule has 1 N–H and O–H groups in total. The Bertz CT molecular complexity index is 727. The van der Waals surface area contributed by atoms with Crippen LogP contribution in [0.2, 0.25) is 0 Å². The van der Waals surface area contributed by atoms with Gasteiger partial charge in [-0.3, -0.25) is 9.69 Å². The van der Waals surface area contributed by atoms with E-state index in [1.165, 1.54) is 18.2 Å². The molecule has 2 aromatic rings. The van der Waals surface area contributed by atoms with E-state index in [0.29, 0.717) is 12.6 Å². The molecule has 2 aromatic carbocycles. The van der Waals surface area contributed by atoms with E-state index in [9.17, 15) is 18.0 Å². The maximum Gasteiger partial charge on any atom is 0.418 e. The van der Waals surface area contributed by atoms with Gasteiger partial charge < -0.3 is 5.32 Å². The van der Waals surface area contributed by atoms with Crippen LogP contribution in [0.15, 0.2) is 54.6 Å². The van der Waals surface area contributed by atoms with Gasteiger partial charge >= 0.3 is 6.18 Å². The topological polar surface area (TPSA) is 32.3 Å². The summed E-state index contributed by atoms with van der Waals surface area (Å²) < 4.78 is 39.1. The molecule has 0 saturated heterocycles. The van der Waals surface area contributed by atoms with Gasteiger partial charge in [0.2, 0.25) is 5.91 Å². The van der Waals surface area contributed by atoms with Gasteiger partial charge in [-0.2, -0.15) is 13.2 Å². The number of carbonyl (C=O) groups excluding carboxylic acids is 1. The molecule has 0 heterocycles. The minimum absolute atomic E-state index is 0.0752. The van der Waals surface area contributed by atoms with Crippen molar-refractivity contribution >= 4 is 11.6 Å². The molecule has 1 fully saturated rings. The van der Waals surface area contributed by atoms with E-state index in [-0.39, 0.29) is 12.2 Å². The average molecular weight is 348 g/mol. The Morgan fingerprint density at radius 2 is 1.68 bits per heavy atom. The van der Waals surface area contributed by atoms with Crippen molar-refractivity contribution in [2.45, 2.75) is 31.6 Å². The zero-order valence-corrected chi connectivity index (χ0v) is 13.6. The van der Waals surface area contributed by atoms with E-state index < -0.39 is 17.6 Å². The van der Waals surface area contributed by atoms with Crippen LogP contribution in [0.4, 0.5) is 18.9 Å².